The number of benzene rings is 2. The van der Waals surface area contributed by atoms with Crippen LogP contribution in [-0.2, 0) is 22.7 Å². The number of nitrogens with zero attached hydrogens (tertiary/aromatic N) is 2. The van der Waals surface area contributed by atoms with Gasteiger partial charge in [-0.25, -0.2) is 0 Å². The van der Waals surface area contributed by atoms with E-state index in [1.807, 2.05) is 60.5 Å². The first-order valence-electron chi connectivity index (χ1n) is 8.59. The van der Waals surface area contributed by atoms with Crippen molar-refractivity contribution in [3.63, 3.8) is 0 Å². The van der Waals surface area contributed by atoms with E-state index in [0.717, 1.165) is 22.6 Å². The molecule has 0 N–H and O–H groups in total. The number of likely N-dealkylation sites (tertiary alicyclic amines) is 1. The maximum Gasteiger partial charge on any atom is 0.247 e. The van der Waals surface area contributed by atoms with Crippen molar-refractivity contribution in [3.05, 3.63) is 59.7 Å². The molecule has 0 bridgehead atoms. The Balaban J connectivity index is 1.44. The molecule has 1 saturated heterocycles. The van der Waals surface area contributed by atoms with Gasteiger partial charge in [-0.15, -0.1) is 0 Å². The van der Waals surface area contributed by atoms with Gasteiger partial charge in [0.05, 0.1) is 19.0 Å². The summed E-state index contributed by atoms with van der Waals surface area (Å²) in [6, 6.07) is 14.9. The molecule has 6 heteroatoms. The quantitative estimate of drug-likeness (QED) is 0.772. The van der Waals surface area contributed by atoms with Gasteiger partial charge in [-0.3, -0.25) is 19.4 Å². The highest BCUT2D eigenvalue weighted by Crippen LogP contribution is 2.33. The number of amides is 2. The van der Waals surface area contributed by atoms with Gasteiger partial charge in [-0.2, -0.15) is 0 Å². The van der Waals surface area contributed by atoms with Gasteiger partial charge in [0.2, 0.25) is 18.6 Å². The van der Waals surface area contributed by atoms with E-state index in [4.69, 9.17) is 9.47 Å². The molecule has 2 aromatic carbocycles. The second kappa shape index (κ2) is 6.80. The monoisotopic (exact) mass is 352 g/mol. The first-order valence-corrected chi connectivity index (χ1v) is 8.59. The van der Waals surface area contributed by atoms with Crippen molar-refractivity contribution in [2.45, 2.75) is 25.6 Å². The standard InChI is InChI=1S/C20H20N2O4/c1-21(11-15-7-8-17-18(9-15)26-13-25-17)16-10-19(23)22(20(16)24)12-14-5-3-2-4-6-14/h2-9,16H,10-13H2,1H3. The van der Waals surface area contributed by atoms with E-state index < -0.39 is 6.04 Å². The minimum absolute atomic E-state index is 0.124. The molecule has 0 aliphatic carbocycles. The number of likely N-dealkylation sites (N-methyl/N-ethyl adjacent to an activating group) is 1. The summed E-state index contributed by atoms with van der Waals surface area (Å²) in [6.07, 6.45) is 0.215. The van der Waals surface area contributed by atoms with Crippen molar-refractivity contribution in [2.24, 2.45) is 0 Å². The maximum atomic E-state index is 12.8. The highest BCUT2D eigenvalue weighted by atomic mass is 16.7. The Bertz CT molecular complexity index is 837. The molecule has 0 spiro atoms. The zero-order chi connectivity index (χ0) is 18.1. The Labute approximate surface area is 151 Å². The van der Waals surface area contributed by atoms with Crippen LogP contribution in [0.15, 0.2) is 48.5 Å². The lowest BCUT2D eigenvalue weighted by Crippen LogP contribution is -2.39. The van der Waals surface area contributed by atoms with E-state index in [9.17, 15) is 9.59 Å². The lowest BCUT2D eigenvalue weighted by atomic mass is 10.1. The number of carbonyl (C=O) groups excluding carboxylic acids is 2. The van der Waals surface area contributed by atoms with Crippen LogP contribution in [0.5, 0.6) is 11.5 Å². The number of ether oxygens (including phenoxy) is 2. The predicted octanol–water partition coefficient (Wildman–Crippen LogP) is 2.17. The summed E-state index contributed by atoms with van der Waals surface area (Å²) >= 11 is 0. The Morgan fingerprint density at radius 3 is 2.62 bits per heavy atom. The van der Waals surface area contributed by atoms with Gasteiger partial charge in [-0.05, 0) is 30.3 Å². The Kier molecular flexibility index (Phi) is 4.34. The van der Waals surface area contributed by atoms with Crippen LogP contribution in [0.1, 0.15) is 17.5 Å². The largest absolute Gasteiger partial charge is 0.454 e. The van der Waals surface area contributed by atoms with Crippen LogP contribution in [0.25, 0.3) is 0 Å². The van der Waals surface area contributed by atoms with Gasteiger partial charge in [0.1, 0.15) is 0 Å². The summed E-state index contributed by atoms with van der Waals surface area (Å²) in [5.41, 5.74) is 1.96. The third-order valence-corrected chi connectivity index (χ3v) is 4.80. The number of fused-ring (bicyclic) bond motifs is 1. The average molecular weight is 352 g/mol. The van der Waals surface area contributed by atoms with Crippen LogP contribution in [0.4, 0.5) is 0 Å². The van der Waals surface area contributed by atoms with Crippen molar-refractivity contribution >= 4 is 11.8 Å². The van der Waals surface area contributed by atoms with E-state index in [-0.39, 0.29) is 25.0 Å². The van der Waals surface area contributed by atoms with Gasteiger partial charge in [0.15, 0.2) is 11.5 Å². The molecule has 2 aromatic rings. The van der Waals surface area contributed by atoms with Crippen LogP contribution in [-0.4, -0.2) is 41.5 Å². The van der Waals surface area contributed by atoms with Gasteiger partial charge in [0.25, 0.3) is 0 Å². The average Bonchev–Trinajstić information content (AvgIpc) is 3.22. The number of rotatable bonds is 5. The fourth-order valence-corrected chi connectivity index (χ4v) is 3.38. The molecule has 4 rings (SSSR count). The van der Waals surface area contributed by atoms with E-state index in [1.54, 1.807) is 0 Å². The van der Waals surface area contributed by atoms with Crippen molar-refractivity contribution < 1.29 is 19.1 Å². The lowest BCUT2D eigenvalue weighted by molar-refractivity contribution is -0.140. The SMILES string of the molecule is CN(Cc1ccc2c(c1)OCO2)C1CC(=O)N(Cc2ccccc2)C1=O. The van der Waals surface area contributed by atoms with Gasteiger partial charge in [-0.1, -0.05) is 36.4 Å². The zero-order valence-corrected chi connectivity index (χ0v) is 14.6. The maximum absolute atomic E-state index is 12.8. The number of hydrogen-bond acceptors (Lipinski definition) is 5. The molecule has 0 aromatic heterocycles. The van der Waals surface area contributed by atoms with Crippen molar-refractivity contribution in [1.29, 1.82) is 0 Å². The molecule has 2 heterocycles. The Hall–Kier alpha value is -2.86. The van der Waals surface area contributed by atoms with Gasteiger partial charge in [0, 0.05) is 6.54 Å². The first kappa shape index (κ1) is 16.6. The molecule has 1 fully saturated rings. The normalized spacial score (nSPS) is 18.8. The summed E-state index contributed by atoms with van der Waals surface area (Å²) in [5, 5.41) is 0. The zero-order valence-electron chi connectivity index (χ0n) is 14.6. The molecular weight excluding hydrogens is 332 g/mol. The fourth-order valence-electron chi connectivity index (χ4n) is 3.38. The van der Waals surface area contributed by atoms with Crippen LogP contribution >= 0.6 is 0 Å². The molecule has 134 valence electrons. The number of imide groups is 1. The molecule has 1 atom stereocenters. The summed E-state index contributed by atoms with van der Waals surface area (Å²) in [6.45, 7) is 1.12. The topological polar surface area (TPSA) is 59.1 Å². The number of hydrogen-bond donors (Lipinski definition) is 0. The summed E-state index contributed by atoms with van der Waals surface area (Å²) in [5.74, 6) is 1.19. The molecule has 2 aliphatic rings. The lowest BCUT2D eigenvalue weighted by Gasteiger charge is -2.23. The molecule has 6 nitrogen and oxygen atoms in total. The van der Waals surface area contributed by atoms with E-state index in [2.05, 4.69) is 0 Å². The Morgan fingerprint density at radius 2 is 1.81 bits per heavy atom. The van der Waals surface area contributed by atoms with Crippen LogP contribution < -0.4 is 9.47 Å². The second-order valence-electron chi connectivity index (χ2n) is 6.63. The van der Waals surface area contributed by atoms with Crippen LogP contribution in [0, 0.1) is 0 Å². The summed E-state index contributed by atoms with van der Waals surface area (Å²) < 4.78 is 10.7. The predicted molar refractivity (Wildman–Crippen MR) is 94.4 cm³/mol. The Morgan fingerprint density at radius 1 is 1.04 bits per heavy atom. The van der Waals surface area contributed by atoms with E-state index in [0.29, 0.717) is 13.1 Å². The highest BCUT2D eigenvalue weighted by molar-refractivity contribution is 6.05. The number of carbonyl (C=O) groups is 2. The van der Waals surface area contributed by atoms with Crippen LogP contribution in [0.3, 0.4) is 0 Å². The van der Waals surface area contributed by atoms with Gasteiger partial charge >= 0.3 is 0 Å². The fraction of sp³-hybridized carbons (Fsp3) is 0.300. The third kappa shape index (κ3) is 3.15. The molecule has 1 unspecified atom stereocenters. The first-order chi connectivity index (χ1) is 12.6. The second-order valence-corrected chi connectivity index (χ2v) is 6.63. The smallest absolute Gasteiger partial charge is 0.247 e. The molecule has 2 amide bonds. The minimum atomic E-state index is -0.434. The molecule has 26 heavy (non-hydrogen) atoms. The van der Waals surface area contributed by atoms with Crippen molar-refractivity contribution in [3.8, 4) is 11.5 Å². The molecular formula is C20H20N2O4. The van der Waals surface area contributed by atoms with E-state index in [1.165, 1.54) is 4.90 Å². The molecule has 0 saturated carbocycles. The van der Waals surface area contributed by atoms with E-state index >= 15 is 0 Å². The molecule has 2 aliphatic heterocycles. The third-order valence-electron chi connectivity index (χ3n) is 4.80. The van der Waals surface area contributed by atoms with Crippen LogP contribution in [0.2, 0.25) is 0 Å². The molecule has 0 radical (unpaired) electrons. The summed E-state index contributed by atoms with van der Waals surface area (Å²) in [4.78, 5) is 28.4. The van der Waals surface area contributed by atoms with Gasteiger partial charge < -0.3 is 9.47 Å². The van der Waals surface area contributed by atoms with Crippen molar-refractivity contribution in [2.75, 3.05) is 13.8 Å². The minimum Gasteiger partial charge on any atom is -0.454 e. The highest BCUT2D eigenvalue weighted by Gasteiger charge is 2.40. The summed E-state index contributed by atoms with van der Waals surface area (Å²) in [7, 11) is 1.87. The van der Waals surface area contributed by atoms with Crippen molar-refractivity contribution in [1.82, 2.24) is 9.80 Å².